The normalized spacial score (nSPS) is 13.1. The van der Waals surface area contributed by atoms with Gasteiger partial charge in [0, 0.05) is 0 Å². The number of carbonyl (C=O) groups excluding carboxylic acids is 1. The molecule has 0 fully saturated rings. The number of carbonyl (C=O) groups is 1. The molecule has 30 heavy (non-hydrogen) atoms. The van der Waals surface area contributed by atoms with Crippen molar-refractivity contribution in [2.45, 2.75) is 71.6 Å². The van der Waals surface area contributed by atoms with E-state index in [2.05, 4.69) is 74.6 Å². The Morgan fingerprint density at radius 2 is 1.23 bits per heavy atom. The van der Waals surface area contributed by atoms with Gasteiger partial charge < -0.3 is 14.5 Å². The summed E-state index contributed by atoms with van der Waals surface area (Å²) in [5, 5.41) is 5.30. The van der Waals surface area contributed by atoms with Crippen LogP contribution in [-0.2, 0) is 9.16 Å². The summed E-state index contributed by atoms with van der Waals surface area (Å²) >= 11 is 0. The Bertz CT molecular complexity index is 781. The summed E-state index contributed by atoms with van der Waals surface area (Å²) in [6.07, 6.45) is -0.432. The van der Waals surface area contributed by atoms with Crippen LogP contribution < -0.4 is 15.7 Å². The lowest BCUT2D eigenvalue weighted by molar-refractivity contribution is 0.0438. The SMILES string of the molecule is CC(C)(CO[Si](c1ccccc1)(c1ccccc1)C(C)(C)C)NC(=O)OC(C)(C)C. The maximum absolute atomic E-state index is 12.4. The van der Waals surface area contributed by atoms with Crippen LogP contribution in [0.4, 0.5) is 4.79 Å². The molecule has 0 saturated carbocycles. The summed E-state index contributed by atoms with van der Waals surface area (Å²) in [6.45, 7) is 16.6. The van der Waals surface area contributed by atoms with Crippen LogP contribution in [0.1, 0.15) is 55.4 Å². The number of rotatable bonds is 6. The lowest BCUT2D eigenvalue weighted by atomic mass is 10.1. The molecule has 2 rings (SSSR count). The zero-order valence-electron chi connectivity index (χ0n) is 19.7. The first kappa shape index (κ1) is 24.2. The maximum atomic E-state index is 12.4. The quantitative estimate of drug-likeness (QED) is 0.669. The fourth-order valence-electron chi connectivity index (χ4n) is 3.67. The predicted molar refractivity (Wildman–Crippen MR) is 127 cm³/mol. The molecule has 0 bridgehead atoms. The number of ether oxygens (including phenoxy) is 1. The van der Waals surface area contributed by atoms with Crippen molar-refractivity contribution < 1.29 is 14.0 Å². The van der Waals surface area contributed by atoms with Crippen LogP contribution in [0.15, 0.2) is 60.7 Å². The van der Waals surface area contributed by atoms with Gasteiger partial charge in [-0.15, -0.1) is 0 Å². The summed E-state index contributed by atoms with van der Waals surface area (Å²) in [5.41, 5.74) is -1.13. The summed E-state index contributed by atoms with van der Waals surface area (Å²) in [5.74, 6) is 0. The first-order valence-corrected chi connectivity index (χ1v) is 12.4. The van der Waals surface area contributed by atoms with Gasteiger partial charge in [0.2, 0.25) is 0 Å². The first-order valence-electron chi connectivity index (χ1n) is 10.5. The number of hydrogen-bond donors (Lipinski definition) is 1. The first-order chi connectivity index (χ1) is 13.8. The van der Waals surface area contributed by atoms with Crippen LogP contribution in [0.5, 0.6) is 0 Å². The van der Waals surface area contributed by atoms with Gasteiger partial charge in [0.15, 0.2) is 0 Å². The molecule has 0 saturated heterocycles. The van der Waals surface area contributed by atoms with Gasteiger partial charge in [-0.1, -0.05) is 81.4 Å². The predicted octanol–water partition coefficient (Wildman–Crippen LogP) is 4.87. The average molecular weight is 428 g/mol. The summed E-state index contributed by atoms with van der Waals surface area (Å²) in [7, 11) is -2.65. The molecule has 4 nitrogen and oxygen atoms in total. The number of hydrogen-bond acceptors (Lipinski definition) is 3. The molecule has 0 aliphatic carbocycles. The maximum Gasteiger partial charge on any atom is 0.408 e. The minimum Gasteiger partial charge on any atom is -0.444 e. The molecule has 0 heterocycles. The highest BCUT2D eigenvalue weighted by molar-refractivity contribution is 6.99. The van der Waals surface area contributed by atoms with E-state index in [1.54, 1.807) is 0 Å². The molecule has 2 aromatic carbocycles. The molecule has 0 aliphatic rings. The molecule has 5 heteroatoms. The van der Waals surface area contributed by atoms with E-state index in [1.165, 1.54) is 10.4 Å². The Balaban J connectivity index is 2.40. The molecule has 1 N–H and O–H groups in total. The highest BCUT2D eigenvalue weighted by Gasteiger charge is 2.50. The molecule has 164 valence electrons. The van der Waals surface area contributed by atoms with Crippen LogP contribution in [0, 0.1) is 0 Å². The van der Waals surface area contributed by atoms with E-state index in [0.717, 1.165) is 0 Å². The number of benzene rings is 2. The van der Waals surface area contributed by atoms with Crippen molar-refractivity contribution in [1.29, 1.82) is 0 Å². The Morgan fingerprint density at radius 1 is 0.800 bits per heavy atom. The smallest absolute Gasteiger partial charge is 0.408 e. The van der Waals surface area contributed by atoms with Gasteiger partial charge >= 0.3 is 6.09 Å². The van der Waals surface area contributed by atoms with Gasteiger partial charge in [0.1, 0.15) is 5.60 Å². The minimum atomic E-state index is -2.65. The van der Waals surface area contributed by atoms with Crippen molar-refractivity contribution in [2.75, 3.05) is 6.61 Å². The second-order valence-electron chi connectivity index (χ2n) is 10.5. The Morgan fingerprint density at radius 3 is 1.60 bits per heavy atom. The van der Waals surface area contributed by atoms with E-state index in [9.17, 15) is 4.79 Å². The topological polar surface area (TPSA) is 47.6 Å². The zero-order valence-corrected chi connectivity index (χ0v) is 20.7. The van der Waals surface area contributed by atoms with Gasteiger partial charge in [-0.2, -0.15) is 0 Å². The number of amides is 1. The van der Waals surface area contributed by atoms with Crippen molar-refractivity contribution in [1.82, 2.24) is 5.32 Å². The van der Waals surface area contributed by atoms with Crippen LogP contribution in [0.2, 0.25) is 5.04 Å². The van der Waals surface area contributed by atoms with E-state index in [-0.39, 0.29) is 5.04 Å². The van der Waals surface area contributed by atoms with Gasteiger partial charge in [-0.3, -0.25) is 0 Å². The van der Waals surface area contributed by atoms with Gasteiger partial charge in [0.05, 0.1) is 12.1 Å². The highest BCUT2D eigenvalue weighted by Crippen LogP contribution is 2.37. The molecule has 0 atom stereocenters. The van der Waals surface area contributed by atoms with E-state index in [1.807, 2.05) is 46.8 Å². The third kappa shape index (κ3) is 5.96. The van der Waals surface area contributed by atoms with E-state index >= 15 is 0 Å². The monoisotopic (exact) mass is 427 g/mol. The van der Waals surface area contributed by atoms with E-state index in [4.69, 9.17) is 9.16 Å². The molecule has 0 aromatic heterocycles. The minimum absolute atomic E-state index is 0.113. The number of alkyl carbamates (subject to hydrolysis) is 1. The second-order valence-corrected chi connectivity index (χ2v) is 14.8. The van der Waals surface area contributed by atoms with Crippen LogP contribution in [0.3, 0.4) is 0 Å². The largest absolute Gasteiger partial charge is 0.444 e. The molecule has 1 amide bonds. The molecular weight excluding hydrogens is 390 g/mol. The molecular formula is C25H37NO3Si. The Kier molecular flexibility index (Phi) is 7.20. The molecule has 0 spiro atoms. The standard InChI is InChI=1S/C25H37NO3Si/c1-23(2,3)29-22(27)26-25(7,8)19-28-30(24(4,5)6,20-15-11-9-12-16-20)21-17-13-10-14-18-21/h9-18H,19H2,1-8H3,(H,26,27). The third-order valence-electron chi connectivity index (χ3n) is 4.91. The van der Waals surface area contributed by atoms with Crippen LogP contribution >= 0.6 is 0 Å². The summed E-state index contributed by atoms with van der Waals surface area (Å²) < 4.78 is 12.4. The van der Waals surface area contributed by atoms with Crippen LogP contribution in [0.25, 0.3) is 0 Å². The van der Waals surface area contributed by atoms with Crippen LogP contribution in [-0.4, -0.2) is 32.2 Å². The van der Waals surface area contributed by atoms with Crippen molar-refractivity contribution in [3.63, 3.8) is 0 Å². The lowest BCUT2D eigenvalue weighted by Gasteiger charge is -2.44. The zero-order chi connectivity index (χ0) is 22.6. The van der Waals surface area contributed by atoms with Gasteiger partial charge in [0.25, 0.3) is 8.32 Å². The Labute approximate surface area is 183 Å². The van der Waals surface area contributed by atoms with Crippen molar-refractivity contribution in [2.24, 2.45) is 0 Å². The van der Waals surface area contributed by atoms with E-state index < -0.39 is 25.6 Å². The summed E-state index contributed by atoms with van der Waals surface area (Å²) in [6, 6.07) is 21.0. The van der Waals surface area contributed by atoms with E-state index in [0.29, 0.717) is 6.61 Å². The van der Waals surface area contributed by atoms with Gasteiger partial charge in [-0.05, 0) is 50.0 Å². The van der Waals surface area contributed by atoms with Crippen molar-refractivity contribution in [3.8, 4) is 0 Å². The molecule has 0 aliphatic heterocycles. The highest BCUT2D eigenvalue weighted by atomic mass is 28.4. The molecule has 0 radical (unpaired) electrons. The third-order valence-corrected chi connectivity index (χ3v) is 9.89. The lowest BCUT2D eigenvalue weighted by Crippen LogP contribution is -2.68. The van der Waals surface area contributed by atoms with Crippen molar-refractivity contribution >= 4 is 24.8 Å². The fourth-order valence-corrected chi connectivity index (χ4v) is 8.40. The fraction of sp³-hybridized carbons (Fsp3) is 0.480. The number of nitrogens with one attached hydrogen (secondary N) is 1. The summed E-state index contributed by atoms with van der Waals surface area (Å²) in [4.78, 5) is 12.4. The molecule has 2 aromatic rings. The molecule has 0 unspecified atom stereocenters. The van der Waals surface area contributed by atoms with Crippen molar-refractivity contribution in [3.05, 3.63) is 60.7 Å². The second kappa shape index (κ2) is 8.94. The van der Waals surface area contributed by atoms with Gasteiger partial charge in [-0.25, -0.2) is 4.79 Å². The Hall–Kier alpha value is -2.11. The average Bonchev–Trinajstić information content (AvgIpc) is 2.60.